The molecule has 0 heterocycles. The van der Waals surface area contributed by atoms with Gasteiger partial charge in [0.1, 0.15) is 5.75 Å². The van der Waals surface area contributed by atoms with Crippen LogP contribution in [0.25, 0.3) is 0 Å². The van der Waals surface area contributed by atoms with E-state index in [9.17, 15) is 0 Å². The number of aliphatic imine (C=N–C) groups is 1. The number of anilines is 1. The summed E-state index contributed by atoms with van der Waals surface area (Å²) in [5.74, 6) is 2.67. The lowest BCUT2D eigenvalue weighted by Crippen LogP contribution is -2.23. The monoisotopic (exact) mass is 471 g/mol. The fourth-order valence-electron chi connectivity index (χ4n) is 2.51. The van der Waals surface area contributed by atoms with Gasteiger partial charge in [-0.2, -0.15) is 0 Å². The Morgan fingerprint density at radius 2 is 1.65 bits per heavy atom. The SMILES string of the molecule is COc1ccc(NC(N)=NCC(C)c2ccccc2OC)cc1OC.I. The minimum Gasteiger partial charge on any atom is -0.496 e. The molecule has 2 aromatic rings. The number of para-hydroxylation sites is 1. The Morgan fingerprint density at radius 1 is 1.00 bits per heavy atom. The minimum absolute atomic E-state index is 0. The van der Waals surface area contributed by atoms with Gasteiger partial charge in [0.25, 0.3) is 0 Å². The van der Waals surface area contributed by atoms with Crippen LogP contribution in [-0.2, 0) is 0 Å². The molecule has 0 saturated heterocycles. The smallest absolute Gasteiger partial charge is 0.193 e. The van der Waals surface area contributed by atoms with Gasteiger partial charge in [-0.15, -0.1) is 24.0 Å². The Morgan fingerprint density at radius 3 is 2.31 bits per heavy atom. The summed E-state index contributed by atoms with van der Waals surface area (Å²) in [6.45, 7) is 2.64. The van der Waals surface area contributed by atoms with E-state index in [1.807, 2.05) is 42.5 Å². The molecule has 26 heavy (non-hydrogen) atoms. The molecule has 0 aromatic heterocycles. The summed E-state index contributed by atoms with van der Waals surface area (Å²) in [7, 11) is 4.86. The number of nitrogens with zero attached hydrogens (tertiary/aromatic N) is 1. The number of methoxy groups -OCH3 is 3. The van der Waals surface area contributed by atoms with Crippen LogP contribution in [0.15, 0.2) is 47.5 Å². The molecule has 3 N–H and O–H groups in total. The van der Waals surface area contributed by atoms with Crippen molar-refractivity contribution in [3.05, 3.63) is 48.0 Å². The molecule has 1 unspecified atom stereocenters. The minimum atomic E-state index is 0. The normalized spacial score (nSPS) is 11.9. The summed E-state index contributed by atoms with van der Waals surface area (Å²) in [5, 5.41) is 3.06. The van der Waals surface area contributed by atoms with E-state index in [2.05, 4.69) is 17.2 Å². The van der Waals surface area contributed by atoms with Gasteiger partial charge in [0.05, 0.1) is 21.3 Å². The Hall–Kier alpha value is -2.16. The van der Waals surface area contributed by atoms with Crippen LogP contribution in [0.1, 0.15) is 18.4 Å². The number of benzene rings is 2. The van der Waals surface area contributed by atoms with Crippen molar-refractivity contribution in [3.63, 3.8) is 0 Å². The van der Waals surface area contributed by atoms with Gasteiger partial charge in [0.15, 0.2) is 17.5 Å². The summed E-state index contributed by atoms with van der Waals surface area (Å²) < 4.78 is 15.9. The van der Waals surface area contributed by atoms with E-state index in [0.717, 1.165) is 17.0 Å². The summed E-state index contributed by atoms with van der Waals surface area (Å²) in [5.41, 5.74) is 7.89. The van der Waals surface area contributed by atoms with E-state index in [4.69, 9.17) is 19.9 Å². The summed E-state index contributed by atoms with van der Waals surface area (Å²) in [4.78, 5) is 4.42. The van der Waals surface area contributed by atoms with Crippen LogP contribution in [0.2, 0.25) is 0 Å². The molecular formula is C19H26IN3O3. The molecule has 0 bridgehead atoms. The number of nitrogens with one attached hydrogen (secondary N) is 1. The Kier molecular flexibility index (Phi) is 9.04. The number of hydrogen-bond acceptors (Lipinski definition) is 4. The van der Waals surface area contributed by atoms with Gasteiger partial charge in [0.2, 0.25) is 0 Å². The topological polar surface area (TPSA) is 78.1 Å². The molecule has 0 aliphatic heterocycles. The van der Waals surface area contributed by atoms with Crippen molar-refractivity contribution in [2.75, 3.05) is 33.2 Å². The highest BCUT2D eigenvalue weighted by atomic mass is 127. The number of guanidine groups is 1. The highest BCUT2D eigenvalue weighted by Crippen LogP contribution is 2.30. The maximum atomic E-state index is 6.00. The first-order chi connectivity index (χ1) is 12.1. The molecule has 7 heteroatoms. The largest absolute Gasteiger partial charge is 0.496 e. The zero-order chi connectivity index (χ0) is 18.2. The van der Waals surface area contributed by atoms with Crippen molar-refractivity contribution in [1.82, 2.24) is 0 Å². The van der Waals surface area contributed by atoms with Gasteiger partial charge in [-0.25, -0.2) is 0 Å². The average molecular weight is 471 g/mol. The Bertz CT molecular complexity index is 738. The number of hydrogen-bond donors (Lipinski definition) is 2. The second-order valence-corrected chi connectivity index (χ2v) is 5.56. The third kappa shape index (κ3) is 5.69. The summed E-state index contributed by atoms with van der Waals surface area (Å²) >= 11 is 0. The van der Waals surface area contributed by atoms with Crippen molar-refractivity contribution >= 4 is 35.6 Å². The second-order valence-electron chi connectivity index (χ2n) is 5.56. The molecule has 0 radical (unpaired) electrons. The van der Waals surface area contributed by atoms with E-state index in [-0.39, 0.29) is 29.9 Å². The molecule has 0 spiro atoms. The van der Waals surface area contributed by atoms with Gasteiger partial charge in [0, 0.05) is 24.2 Å². The second kappa shape index (κ2) is 10.7. The van der Waals surface area contributed by atoms with Crippen LogP contribution in [0, 0.1) is 0 Å². The average Bonchev–Trinajstić information content (AvgIpc) is 2.65. The van der Waals surface area contributed by atoms with Crippen molar-refractivity contribution < 1.29 is 14.2 Å². The third-order valence-corrected chi connectivity index (χ3v) is 3.86. The van der Waals surface area contributed by atoms with Gasteiger partial charge in [-0.05, 0) is 23.8 Å². The molecule has 2 aromatic carbocycles. The first-order valence-electron chi connectivity index (χ1n) is 8.01. The molecule has 0 saturated carbocycles. The Labute approximate surface area is 171 Å². The van der Waals surface area contributed by atoms with Gasteiger partial charge >= 0.3 is 0 Å². The molecule has 0 amide bonds. The first-order valence-corrected chi connectivity index (χ1v) is 8.01. The molecule has 1 atom stereocenters. The van der Waals surface area contributed by atoms with E-state index >= 15 is 0 Å². The highest BCUT2D eigenvalue weighted by molar-refractivity contribution is 14.0. The van der Waals surface area contributed by atoms with E-state index in [1.54, 1.807) is 21.3 Å². The lowest BCUT2D eigenvalue weighted by molar-refractivity contribution is 0.355. The van der Waals surface area contributed by atoms with Crippen molar-refractivity contribution in [3.8, 4) is 17.2 Å². The predicted octanol–water partition coefficient (Wildman–Crippen LogP) is 3.86. The highest BCUT2D eigenvalue weighted by Gasteiger charge is 2.11. The molecular weight excluding hydrogens is 445 g/mol. The maximum Gasteiger partial charge on any atom is 0.193 e. The number of ether oxygens (including phenoxy) is 3. The zero-order valence-electron chi connectivity index (χ0n) is 15.5. The lowest BCUT2D eigenvalue weighted by Gasteiger charge is -2.14. The molecule has 142 valence electrons. The first kappa shape index (κ1) is 21.9. The van der Waals surface area contributed by atoms with Crippen LogP contribution >= 0.6 is 24.0 Å². The van der Waals surface area contributed by atoms with Crippen LogP contribution < -0.4 is 25.3 Å². The zero-order valence-corrected chi connectivity index (χ0v) is 17.8. The fraction of sp³-hybridized carbons (Fsp3) is 0.316. The van der Waals surface area contributed by atoms with Crippen LogP contribution in [0.5, 0.6) is 17.2 Å². The standard InChI is InChI=1S/C19H25N3O3.HI/c1-13(15-7-5-6-8-16(15)23-2)12-21-19(20)22-14-9-10-17(24-3)18(11-14)25-4;/h5-11,13H,12H2,1-4H3,(H3,20,21,22);1H. The lowest BCUT2D eigenvalue weighted by atomic mass is 10.0. The van der Waals surface area contributed by atoms with Crippen molar-refractivity contribution in [2.24, 2.45) is 10.7 Å². The van der Waals surface area contributed by atoms with E-state index < -0.39 is 0 Å². The van der Waals surface area contributed by atoms with Crippen LogP contribution in [0.4, 0.5) is 5.69 Å². The summed E-state index contributed by atoms with van der Waals surface area (Å²) in [6, 6.07) is 13.4. The van der Waals surface area contributed by atoms with Crippen LogP contribution in [-0.4, -0.2) is 33.8 Å². The van der Waals surface area contributed by atoms with E-state index in [1.165, 1.54) is 0 Å². The number of nitrogens with two attached hydrogens (primary N) is 1. The van der Waals surface area contributed by atoms with Gasteiger partial charge in [-0.1, -0.05) is 25.1 Å². The van der Waals surface area contributed by atoms with Crippen molar-refractivity contribution in [2.45, 2.75) is 12.8 Å². The Balaban J connectivity index is 0.00000338. The number of halogens is 1. The van der Waals surface area contributed by atoms with E-state index in [0.29, 0.717) is 24.0 Å². The summed E-state index contributed by atoms with van der Waals surface area (Å²) in [6.07, 6.45) is 0. The predicted molar refractivity (Wildman–Crippen MR) is 116 cm³/mol. The quantitative estimate of drug-likeness (QED) is 0.364. The molecule has 0 aliphatic rings. The number of rotatable bonds is 7. The molecule has 6 nitrogen and oxygen atoms in total. The fourth-order valence-corrected chi connectivity index (χ4v) is 2.51. The maximum absolute atomic E-state index is 6.00. The van der Waals surface area contributed by atoms with Gasteiger partial charge < -0.3 is 25.3 Å². The van der Waals surface area contributed by atoms with Gasteiger partial charge in [-0.3, -0.25) is 4.99 Å². The molecule has 2 rings (SSSR count). The molecule has 0 fully saturated rings. The van der Waals surface area contributed by atoms with Crippen molar-refractivity contribution in [1.29, 1.82) is 0 Å². The third-order valence-electron chi connectivity index (χ3n) is 3.86. The van der Waals surface area contributed by atoms with Crippen LogP contribution in [0.3, 0.4) is 0 Å². The molecule has 0 aliphatic carbocycles.